The summed E-state index contributed by atoms with van der Waals surface area (Å²) >= 11 is 0. The smallest absolute Gasteiger partial charge is 0.406 e. The maximum absolute atomic E-state index is 13.5. The van der Waals surface area contributed by atoms with Crippen molar-refractivity contribution in [2.45, 2.75) is 6.36 Å². The number of halogens is 4. The first-order chi connectivity index (χ1) is 11.7. The lowest BCUT2D eigenvalue weighted by Gasteiger charge is -2.09. The topological polar surface area (TPSA) is 103 Å². The highest BCUT2D eigenvalue weighted by molar-refractivity contribution is 5.98. The fraction of sp³-hybridized carbons (Fsp3) is 0.0714. The van der Waals surface area contributed by atoms with E-state index in [-0.39, 0.29) is 11.4 Å². The van der Waals surface area contributed by atoms with Crippen LogP contribution in [-0.2, 0) is 0 Å². The van der Waals surface area contributed by atoms with Crippen LogP contribution in [0.1, 0.15) is 5.56 Å². The minimum absolute atomic E-state index is 0.0904. The molecule has 2 aromatic rings. The van der Waals surface area contributed by atoms with Gasteiger partial charge in [-0.2, -0.15) is 9.49 Å². The van der Waals surface area contributed by atoms with Crippen LogP contribution in [-0.4, -0.2) is 17.1 Å². The van der Waals surface area contributed by atoms with Gasteiger partial charge in [-0.3, -0.25) is 15.5 Å². The Hall–Kier alpha value is -3.37. The molecule has 0 atom stereocenters. The van der Waals surface area contributed by atoms with Gasteiger partial charge in [0.05, 0.1) is 10.6 Å². The molecule has 0 radical (unpaired) electrons. The number of nitrogens with one attached hydrogen (secondary N) is 1. The van der Waals surface area contributed by atoms with E-state index in [4.69, 9.17) is 5.73 Å². The van der Waals surface area contributed by atoms with Crippen LogP contribution in [0.25, 0.3) is 0 Å². The maximum atomic E-state index is 13.5. The van der Waals surface area contributed by atoms with E-state index in [9.17, 15) is 27.7 Å². The first-order valence-corrected chi connectivity index (χ1v) is 6.55. The molecule has 25 heavy (non-hydrogen) atoms. The number of alkyl halides is 3. The van der Waals surface area contributed by atoms with E-state index in [1.54, 1.807) is 0 Å². The molecule has 0 saturated heterocycles. The zero-order valence-corrected chi connectivity index (χ0v) is 12.2. The average Bonchev–Trinajstić information content (AvgIpc) is 2.52. The maximum Gasteiger partial charge on any atom is 0.573 e. The molecule has 2 aromatic carbocycles. The van der Waals surface area contributed by atoms with Crippen molar-refractivity contribution in [3.63, 3.8) is 0 Å². The van der Waals surface area contributed by atoms with E-state index in [1.807, 2.05) is 0 Å². The molecule has 0 fully saturated rings. The van der Waals surface area contributed by atoms with Crippen molar-refractivity contribution in [1.29, 1.82) is 0 Å². The summed E-state index contributed by atoms with van der Waals surface area (Å²) in [5.74, 6) is -1.66. The molecule has 0 saturated carbocycles. The normalized spacial score (nSPS) is 11.9. The number of nitrogens with zero attached hydrogens (tertiary/aromatic N) is 2. The molecule has 0 amide bonds. The van der Waals surface area contributed by atoms with Crippen molar-refractivity contribution >= 4 is 17.2 Å². The Morgan fingerprint density at radius 3 is 2.36 bits per heavy atom. The van der Waals surface area contributed by atoms with Gasteiger partial charge in [-0.25, -0.2) is 0 Å². The van der Waals surface area contributed by atoms with Crippen molar-refractivity contribution in [3.05, 3.63) is 64.0 Å². The molecule has 0 aliphatic carbocycles. The summed E-state index contributed by atoms with van der Waals surface area (Å²) in [5, 5.41) is 14.3. The van der Waals surface area contributed by atoms with E-state index in [1.165, 1.54) is 18.2 Å². The Morgan fingerprint density at radius 2 is 1.84 bits per heavy atom. The molecule has 0 bridgehead atoms. The number of benzene rings is 2. The lowest BCUT2D eigenvalue weighted by Crippen LogP contribution is -2.17. The van der Waals surface area contributed by atoms with Crippen LogP contribution >= 0.6 is 0 Å². The number of ether oxygens (including phenoxy) is 1. The Kier molecular flexibility index (Phi) is 5.05. The van der Waals surface area contributed by atoms with Gasteiger partial charge in [0.25, 0.3) is 0 Å². The van der Waals surface area contributed by atoms with Gasteiger partial charge in [0.15, 0.2) is 5.84 Å². The molecule has 11 heteroatoms. The van der Waals surface area contributed by atoms with Gasteiger partial charge in [0, 0.05) is 11.6 Å². The van der Waals surface area contributed by atoms with Gasteiger partial charge in [-0.15, -0.1) is 13.2 Å². The quantitative estimate of drug-likeness (QED) is 0.280. The zero-order chi connectivity index (χ0) is 18.6. The van der Waals surface area contributed by atoms with E-state index < -0.39 is 28.5 Å². The van der Waals surface area contributed by atoms with E-state index in [2.05, 4.69) is 15.3 Å². The molecule has 0 spiro atoms. The molecule has 0 aliphatic rings. The van der Waals surface area contributed by atoms with Gasteiger partial charge < -0.3 is 10.5 Å². The highest BCUT2D eigenvalue weighted by atomic mass is 19.4. The standard InChI is InChI=1S/C14H10F4N4O3/c15-11-7-8(1-6-12(11)22(23)24)13(19)21-20-9-2-4-10(5-3-9)25-14(16,17)18/h1-7,20H,(H2,19,21). The molecular formula is C14H10F4N4O3. The minimum atomic E-state index is -4.79. The van der Waals surface area contributed by atoms with Crippen LogP contribution in [0, 0.1) is 15.9 Å². The molecule has 0 heterocycles. The minimum Gasteiger partial charge on any atom is -0.406 e. The van der Waals surface area contributed by atoms with E-state index >= 15 is 0 Å². The number of hydrogen-bond donors (Lipinski definition) is 2. The number of hydrogen-bond acceptors (Lipinski definition) is 5. The summed E-state index contributed by atoms with van der Waals surface area (Å²) in [6, 6.07) is 7.64. The number of nitro groups is 1. The largest absolute Gasteiger partial charge is 0.573 e. The number of nitro benzene ring substituents is 1. The van der Waals surface area contributed by atoms with Gasteiger partial charge in [-0.1, -0.05) is 0 Å². The lowest BCUT2D eigenvalue weighted by molar-refractivity contribution is -0.387. The predicted octanol–water partition coefficient (Wildman–Crippen LogP) is 3.36. The van der Waals surface area contributed by atoms with Crippen LogP contribution in [0.15, 0.2) is 47.6 Å². The average molecular weight is 358 g/mol. The first-order valence-electron chi connectivity index (χ1n) is 6.55. The molecule has 0 aromatic heterocycles. The van der Waals surface area contributed by atoms with E-state index in [0.29, 0.717) is 5.69 Å². The van der Waals surface area contributed by atoms with Crippen molar-refractivity contribution in [2.75, 3.05) is 5.43 Å². The fourth-order valence-electron chi connectivity index (χ4n) is 1.73. The van der Waals surface area contributed by atoms with Gasteiger partial charge >= 0.3 is 12.0 Å². The van der Waals surface area contributed by atoms with Crippen LogP contribution in [0.3, 0.4) is 0 Å². The third-order valence-corrected chi connectivity index (χ3v) is 2.83. The van der Waals surface area contributed by atoms with Crippen LogP contribution in [0.4, 0.5) is 28.9 Å². The van der Waals surface area contributed by atoms with Crippen LogP contribution < -0.4 is 15.9 Å². The molecule has 0 aliphatic heterocycles. The third-order valence-electron chi connectivity index (χ3n) is 2.83. The predicted molar refractivity (Wildman–Crippen MR) is 80.5 cm³/mol. The van der Waals surface area contributed by atoms with Crippen molar-refractivity contribution < 1.29 is 27.2 Å². The number of nitrogens with two attached hydrogens (primary N) is 1. The highest BCUT2D eigenvalue weighted by Gasteiger charge is 2.30. The lowest BCUT2D eigenvalue weighted by atomic mass is 10.2. The molecule has 7 nitrogen and oxygen atoms in total. The van der Waals surface area contributed by atoms with Crippen LogP contribution in [0.5, 0.6) is 5.75 Å². The number of rotatable bonds is 5. The second-order valence-electron chi connectivity index (χ2n) is 4.60. The summed E-state index contributed by atoms with van der Waals surface area (Å²) in [6.45, 7) is 0. The summed E-state index contributed by atoms with van der Waals surface area (Å²) in [5.41, 5.74) is 7.77. The Balaban J connectivity index is 2.08. The Bertz CT molecular complexity index is 807. The molecule has 3 N–H and O–H groups in total. The second-order valence-corrected chi connectivity index (χ2v) is 4.60. The van der Waals surface area contributed by atoms with Gasteiger partial charge in [-0.05, 0) is 36.4 Å². The number of amidine groups is 1. The van der Waals surface area contributed by atoms with E-state index in [0.717, 1.165) is 24.3 Å². The van der Waals surface area contributed by atoms with Crippen molar-refractivity contribution in [1.82, 2.24) is 0 Å². The summed E-state index contributed by atoms with van der Waals surface area (Å²) < 4.78 is 53.4. The van der Waals surface area contributed by atoms with Gasteiger partial charge in [0.1, 0.15) is 5.75 Å². The van der Waals surface area contributed by atoms with Crippen molar-refractivity contribution in [2.24, 2.45) is 10.8 Å². The molecule has 0 unspecified atom stereocenters. The second kappa shape index (κ2) is 7.03. The fourth-order valence-corrected chi connectivity index (χ4v) is 1.73. The molecule has 2 rings (SSSR count). The van der Waals surface area contributed by atoms with Crippen molar-refractivity contribution in [3.8, 4) is 5.75 Å². The number of hydrazone groups is 1. The molecular weight excluding hydrogens is 348 g/mol. The zero-order valence-electron chi connectivity index (χ0n) is 12.2. The third kappa shape index (κ3) is 5.06. The van der Waals surface area contributed by atoms with Gasteiger partial charge in [0.2, 0.25) is 5.82 Å². The summed E-state index contributed by atoms with van der Waals surface area (Å²) in [4.78, 5) is 9.66. The Morgan fingerprint density at radius 1 is 1.20 bits per heavy atom. The highest BCUT2D eigenvalue weighted by Crippen LogP contribution is 2.24. The SMILES string of the molecule is N/C(=N\Nc1ccc(OC(F)(F)F)cc1)c1ccc([N+](=O)[O-])c(F)c1. The summed E-state index contributed by atoms with van der Waals surface area (Å²) in [6.07, 6.45) is -4.79. The monoisotopic (exact) mass is 358 g/mol. The van der Waals surface area contributed by atoms with Crippen LogP contribution in [0.2, 0.25) is 0 Å². The summed E-state index contributed by atoms with van der Waals surface area (Å²) in [7, 11) is 0. The number of anilines is 1. The molecule has 132 valence electrons. The first kappa shape index (κ1) is 18.0. The Labute approximate surface area is 137 Å².